The maximum atomic E-state index is 11.8. The lowest BCUT2D eigenvalue weighted by atomic mass is 10.2. The monoisotopic (exact) mass is 292 g/mol. The molecule has 0 aromatic carbocycles. The summed E-state index contributed by atoms with van der Waals surface area (Å²) < 4.78 is 4.77. The number of ketones is 1. The number of ether oxygens (including phenoxy) is 1. The van der Waals surface area contributed by atoms with Crippen LogP contribution in [0, 0.1) is 0 Å². The smallest absolute Gasteiger partial charge is 0.313 e. The first-order chi connectivity index (χ1) is 10.2. The predicted molar refractivity (Wildman–Crippen MR) is 76.9 cm³/mol. The first-order valence-corrected chi connectivity index (χ1v) is 7.10. The van der Waals surface area contributed by atoms with Crippen molar-refractivity contribution in [1.29, 1.82) is 0 Å². The molecule has 1 aliphatic heterocycles. The number of carbonyl (C=O) groups is 2. The van der Waals surface area contributed by atoms with Crippen LogP contribution >= 0.6 is 0 Å². The van der Waals surface area contributed by atoms with Crippen LogP contribution in [0.1, 0.15) is 13.3 Å². The molecule has 0 spiro atoms. The molecule has 0 bridgehead atoms. The summed E-state index contributed by atoms with van der Waals surface area (Å²) in [4.78, 5) is 35.6. The van der Waals surface area contributed by atoms with E-state index in [1.165, 1.54) is 0 Å². The van der Waals surface area contributed by atoms with Crippen molar-refractivity contribution in [3.05, 3.63) is 18.5 Å². The molecule has 2 heterocycles. The molecule has 1 fully saturated rings. The van der Waals surface area contributed by atoms with E-state index in [4.69, 9.17) is 4.74 Å². The van der Waals surface area contributed by atoms with Crippen molar-refractivity contribution in [2.45, 2.75) is 13.3 Å². The van der Waals surface area contributed by atoms with E-state index in [2.05, 4.69) is 14.9 Å². The normalized spacial score (nSPS) is 15.8. The fourth-order valence-corrected chi connectivity index (χ4v) is 2.24. The third-order valence-corrected chi connectivity index (χ3v) is 3.25. The fraction of sp³-hybridized carbons (Fsp3) is 0.571. The van der Waals surface area contributed by atoms with Crippen LogP contribution in [0.15, 0.2) is 18.5 Å². The molecule has 7 heteroatoms. The Morgan fingerprint density at radius 2 is 1.86 bits per heavy atom. The lowest BCUT2D eigenvalue weighted by Gasteiger charge is -2.34. The number of aromatic nitrogens is 2. The highest BCUT2D eigenvalue weighted by atomic mass is 16.5. The SMILES string of the molecule is CCOC(=O)CC(=O)CN1CCN(c2ncccn2)CC1. The first kappa shape index (κ1) is 15.4. The van der Waals surface area contributed by atoms with Gasteiger partial charge in [0.1, 0.15) is 6.42 Å². The molecule has 2 rings (SSSR count). The molecule has 114 valence electrons. The quantitative estimate of drug-likeness (QED) is 0.544. The van der Waals surface area contributed by atoms with Crippen molar-refractivity contribution in [3.63, 3.8) is 0 Å². The van der Waals surface area contributed by atoms with Crippen molar-refractivity contribution in [3.8, 4) is 0 Å². The van der Waals surface area contributed by atoms with E-state index in [1.54, 1.807) is 25.4 Å². The van der Waals surface area contributed by atoms with Gasteiger partial charge >= 0.3 is 5.97 Å². The standard InChI is InChI=1S/C14H20N4O3/c1-2-21-13(20)10-12(19)11-17-6-8-18(9-7-17)14-15-4-3-5-16-14/h3-5H,2,6-11H2,1H3. The van der Waals surface area contributed by atoms with E-state index in [-0.39, 0.29) is 12.2 Å². The third kappa shape index (κ3) is 4.78. The molecule has 1 aliphatic rings. The summed E-state index contributed by atoms with van der Waals surface area (Å²) >= 11 is 0. The van der Waals surface area contributed by atoms with Gasteiger partial charge in [-0.25, -0.2) is 9.97 Å². The molecular formula is C14H20N4O3. The number of hydrogen-bond donors (Lipinski definition) is 0. The molecule has 0 atom stereocenters. The van der Waals surface area contributed by atoms with Crippen molar-refractivity contribution >= 4 is 17.7 Å². The largest absolute Gasteiger partial charge is 0.466 e. The molecule has 1 aromatic rings. The van der Waals surface area contributed by atoms with E-state index >= 15 is 0 Å². The van der Waals surface area contributed by atoms with Crippen LogP contribution in [-0.2, 0) is 14.3 Å². The minimum absolute atomic E-state index is 0.0992. The Bertz CT molecular complexity index is 472. The number of nitrogens with zero attached hydrogens (tertiary/aromatic N) is 4. The number of Topliss-reactive ketones (excluding diaryl/α,β-unsaturated/α-hetero) is 1. The number of esters is 1. The van der Waals surface area contributed by atoms with Gasteiger partial charge in [-0.05, 0) is 13.0 Å². The zero-order valence-corrected chi connectivity index (χ0v) is 12.2. The Kier molecular flexibility index (Phi) is 5.62. The summed E-state index contributed by atoms with van der Waals surface area (Å²) in [7, 11) is 0. The van der Waals surface area contributed by atoms with Gasteiger partial charge in [-0.1, -0.05) is 0 Å². The Morgan fingerprint density at radius 1 is 1.19 bits per heavy atom. The van der Waals surface area contributed by atoms with Crippen molar-refractivity contribution in [2.24, 2.45) is 0 Å². The van der Waals surface area contributed by atoms with Crippen LogP contribution in [0.25, 0.3) is 0 Å². The highest BCUT2D eigenvalue weighted by molar-refractivity contribution is 5.96. The molecule has 7 nitrogen and oxygen atoms in total. The lowest BCUT2D eigenvalue weighted by Crippen LogP contribution is -2.48. The van der Waals surface area contributed by atoms with Crippen molar-refractivity contribution in [2.75, 3.05) is 44.2 Å². The topological polar surface area (TPSA) is 75.6 Å². The zero-order valence-electron chi connectivity index (χ0n) is 12.2. The van der Waals surface area contributed by atoms with E-state index in [1.807, 2.05) is 4.90 Å². The van der Waals surface area contributed by atoms with Crippen LogP contribution in [0.2, 0.25) is 0 Å². The summed E-state index contributed by atoms with van der Waals surface area (Å²) in [5.74, 6) is 0.173. The summed E-state index contributed by atoms with van der Waals surface area (Å²) in [5.41, 5.74) is 0. The predicted octanol–water partition coefficient (Wildman–Crippen LogP) is 0.121. The molecule has 1 aromatic heterocycles. The van der Waals surface area contributed by atoms with Crippen LogP contribution in [-0.4, -0.2) is 66.0 Å². The van der Waals surface area contributed by atoms with Gasteiger partial charge in [0, 0.05) is 38.6 Å². The minimum Gasteiger partial charge on any atom is -0.466 e. The number of piperazine rings is 1. The molecule has 0 saturated carbocycles. The van der Waals surface area contributed by atoms with Gasteiger partial charge in [0.05, 0.1) is 13.2 Å². The number of carbonyl (C=O) groups excluding carboxylic acids is 2. The molecule has 0 radical (unpaired) electrons. The van der Waals surface area contributed by atoms with Gasteiger partial charge in [0.25, 0.3) is 0 Å². The second kappa shape index (κ2) is 7.68. The Hall–Kier alpha value is -2.02. The van der Waals surface area contributed by atoms with E-state index in [9.17, 15) is 9.59 Å². The van der Waals surface area contributed by atoms with Gasteiger partial charge in [-0.15, -0.1) is 0 Å². The fourth-order valence-electron chi connectivity index (χ4n) is 2.24. The van der Waals surface area contributed by atoms with Crippen LogP contribution in [0.5, 0.6) is 0 Å². The summed E-state index contributed by atoms with van der Waals surface area (Å²) in [6, 6.07) is 1.79. The average molecular weight is 292 g/mol. The molecular weight excluding hydrogens is 272 g/mol. The highest BCUT2D eigenvalue weighted by Crippen LogP contribution is 2.09. The molecule has 0 amide bonds. The Labute approximate surface area is 123 Å². The maximum Gasteiger partial charge on any atom is 0.313 e. The molecule has 21 heavy (non-hydrogen) atoms. The summed E-state index contributed by atoms with van der Waals surface area (Å²) in [6.07, 6.45) is 3.30. The highest BCUT2D eigenvalue weighted by Gasteiger charge is 2.21. The van der Waals surface area contributed by atoms with Crippen molar-refractivity contribution in [1.82, 2.24) is 14.9 Å². The van der Waals surface area contributed by atoms with E-state index < -0.39 is 5.97 Å². The second-order valence-corrected chi connectivity index (χ2v) is 4.83. The second-order valence-electron chi connectivity index (χ2n) is 4.83. The van der Waals surface area contributed by atoms with Gasteiger partial charge in [-0.3, -0.25) is 14.5 Å². The summed E-state index contributed by atoms with van der Waals surface area (Å²) in [6.45, 7) is 5.39. The van der Waals surface area contributed by atoms with Crippen LogP contribution < -0.4 is 4.90 Å². The zero-order chi connectivity index (χ0) is 15.1. The van der Waals surface area contributed by atoms with Gasteiger partial charge in [0.2, 0.25) is 5.95 Å². The average Bonchev–Trinajstić information content (AvgIpc) is 2.49. The van der Waals surface area contributed by atoms with Crippen LogP contribution in [0.3, 0.4) is 0 Å². The van der Waals surface area contributed by atoms with Gasteiger partial charge in [-0.2, -0.15) is 0 Å². The van der Waals surface area contributed by atoms with Crippen molar-refractivity contribution < 1.29 is 14.3 Å². The van der Waals surface area contributed by atoms with E-state index in [0.29, 0.717) is 13.2 Å². The van der Waals surface area contributed by atoms with Gasteiger partial charge < -0.3 is 9.64 Å². The number of rotatable bonds is 6. The number of anilines is 1. The summed E-state index contributed by atoms with van der Waals surface area (Å²) in [5, 5.41) is 0. The maximum absolute atomic E-state index is 11.8. The molecule has 0 aliphatic carbocycles. The van der Waals surface area contributed by atoms with Gasteiger partial charge in [0.15, 0.2) is 5.78 Å². The molecule has 0 unspecified atom stereocenters. The molecule has 0 N–H and O–H groups in total. The number of hydrogen-bond acceptors (Lipinski definition) is 7. The van der Waals surface area contributed by atoms with E-state index in [0.717, 1.165) is 32.1 Å². The minimum atomic E-state index is -0.446. The Morgan fingerprint density at radius 3 is 2.48 bits per heavy atom. The Balaban J connectivity index is 1.74. The third-order valence-electron chi connectivity index (χ3n) is 3.25. The van der Waals surface area contributed by atoms with Crippen LogP contribution in [0.4, 0.5) is 5.95 Å². The molecule has 1 saturated heterocycles. The lowest BCUT2D eigenvalue weighted by molar-refractivity contribution is -0.145. The first-order valence-electron chi connectivity index (χ1n) is 7.10.